The van der Waals surface area contributed by atoms with E-state index in [1.54, 1.807) is 4.90 Å². The number of hydrogen-bond donors (Lipinski definition) is 2. The SMILES string of the molecule is Cc1c(C(F)(F)F)nnc(N2CCC3(CC2)CC3)c1C(=O)Nc1cccc(S(C)(=O)=NC(=O)O)c1. The Morgan fingerprint density at radius 3 is 2.40 bits per heavy atom. The van der Waals surface area contributed by atoms with Crippen molar-refractivity contribution in [2.75, 3.05) is 29.6 Å². The van der Waals surface area contributed by atoms with Gasteiger partial charge < -0.3 is 15.3 Å². The van der Waals surface area contributed by atoms with Gasteiger partial charge in [0.25, 0.3) is 5.91 Å². The summed E-state index contributed by atoms with van der Waals surface area (Å²) in [6.07, 6.45) is -1.25. The van der Waals surface area contributed by atoms with Crippen molar-refractivity contribution in [2.24, 2.45) is 9.78 Å². The lowest BCUT2D eigenvalue weighted by atomic mass is 9.93. The van der Waals surface area contributed by atoms with Gasteiger partial charge in [0.05, 0.1) is 15.3 Å². The van der Waals surface area contributed by atoms with Crippen LogP contribution in [0.3, 0.4) is 0 Å². The molecule has 4 rings (SSSR count). The Kier molecular flexibility index (Phi) is 6.24. The molecule has 1 atom stereocenters. The number of carbonyl (C=O) groups is 2. The number of nitrogens with zero attached hydrogens (tertiary/aromatic N) is 4. The van der Waals surface area contributed by atoms with Gasteiger partial charge in [-0.1, -0.05) is 6.07 Å². The Hall–Kier alpha value is -3.22. The summed E-state index contributed by atoms with van der Waals surface area (Å²) in [5.41, 5.74) is -1.40. The number of hydrogen-bond acceptors (Lipinski definition) is 6. The van der Waals surface area contributed by atoms with Crippen LogP contribution in [0.1, 0.15) is 47.3 Å². The first-order chi connectivity index (χ1) is 16.3. The van der Waals surface area contributed by atoms with Crippen LogP contribution < -0.4 is 10.2 Å². The van der Waals surface area contributed by atoms with Gasteiger partial charge in [0.2, 0.25) is 0 Å². The molecule has 1 saturated carbocycles. The quantitative estimate of drug-likeness (QED) is 0.616. The average Bonchev–Trinajstić information content (AvgIpc) is 3.51. The summed E-state index contributed by atoms with van der Waals surface area (Å²) in [4.78, 5) is 26.0. The van der Waals surface area contributed by atoms with Gasteiger partial charge in [-0.2, -0.15) is 13.2 Å². The van der Waals surface area contributed by atoms with Crippen LogP contribution in [0.2, 0.25) is 0 Å². The standard InChI is InChI=1S/C22H24F3N5O4S/c1-13-16(19(31)26-14-4-3-5-15(12-14)35(2,34)29-20(32)33)18(28-27-17(13)22(23,24)25)30-10-8-21(6-7-21)9-11-30/h3-5,12H,6-11H2,1-2H3,(H,26,31)(H,32,33). The minimum Gasteiger partial charge on any atom is -0.463 e. The summed E-state index contributed by atoms with van der Waals surface area (Å²) in [6.45, 7) is 2.30. The largest absolute Gasteiger partial charge is 0.463 e. The lowest BCUT2D eigenvalue weighted by molar-refractivity contribution is -0.142. The zero-order chi connectivity index (χ0) is 25.6. The maximum Gasteiger partial charge on any atom is 0.439 e. The first kappa shape index (κ1) is 24.9. The number of rotatable bonds is 4. The summed E-state index contributed by atoms with van der Waals surface area (Å²) in [5, 5.41) is 18.6. The molecule has 2 aliphatic rings. The molecule has 1 spiro atoms. The Bertz CT molecular complexity index is 1310. The van der Waals surface area contributed by atoms with Crippen molar-refractivity contribution in [1.29, 1.82) is 0 Å². The van der Waals surface area contributed by atoms with Gasteiger partial charge >= 0.3 is 12.3 Å². The summed E-state index contributed by atoms with van der Waals surface area (Å²) in [6, 6.07) is 5.55. The van der Waals surface area contributed by atoms with Gasteiger partial charge in [0.15, 0.2) is 11.5 Å². The molecule has 2 heterocycles. The van der Waals surface area contributed by atoms with E-state index in [1.807, 2.05) is 0 Å². The number of anilines is 2. The van der Waals surface area contributed by atoms with Crippen LogP contribution in [-0.4, -0.2) is 50.9 Å². The molecule has 1 aromatic heterocycles. The van der Waals surface area contributed by atoms with E-state index < -0.39 is 33.6 Å². The van der Waals surface area contributed by atoms with Crippen LogP contribution in [0.25, 0.3) is 0 Å². The van der Waals surface area contributed by atoms with Crippen LogP contribution in [0.15, 0.2) is 33.5 Å². The molecule has 188 valence electrons. The van der Waals surface area contributed by atoms with E-state index >= 15 is 0 Å². The molecule has 1 unspecified atom stereocenters. The Morgan fingerprint density at radius 2 is 1.83 bits per heavy atom. The fourth-order valence-corrected chi connectivity index (χ4v) is 5.43. The Balaban J connectivity index is 1.70. The summed E-state index contributed by atoms with van der Waals surface area (Å²) >= 11 is 0. The average molecular weight is 512 g/mol. The zero-order valence-electron chi connectivity index (χ0n) is 19.1. The molecule has 1 aliphatic heterocycles. The van der Waals surface area contributed by atoms with Gasteiger partial charge in [0.1, 0.15) is 0 Å². The third-order valence-corrected chi connectivity index (χ3v) is 8.19. The normalized spacial score (nSPS) is 18.6. The molecule has 13 heteroatoms. The fraction of sp³-hybridized carbons (Fsp3) is 0.455. The van der Waals surface area contributed by atoms with Crippen LogP contribution in [0, 0.1) is 12.3 Å². The molecule has 9 nitrogen and oxygen atoms in total. The second kappa shape index (κ2) is 8.77. The minimum absolute atomic E-state index is 0.0456. The number of carboxylic acid groups (broad SMARTS) is 1. The molecule has 1 aliphatic carbocycles. The minimum atomic E-state index is -4.80. The van der Waals surface area contributed by atoms with E-state index in [0.717, 1.165) is 31.9 Å². The van der Waals surface area contributed by atoms with Crippen LogP contribution >= 0.6 is 0 Å². The maximum absolute atomic E-state index is 13.6. The fourth-order valence-electron chi connectivity index (χ4n) is 4.35. The topological polar surface area (TPSA) is 125 Å². The van der Waals surface area contributed by atoms with E-state index in [-0.39, 0.29) is 27.5 Å². The molecular weight excluding hydrogens is 487 g/mol. The third kappa shape index (κ3) is 5.24. The second-order valence-corrected chi connectivity index (χ2v) is 11.3. The van der Waals surface area contributed by atoms with Crippen LogP contribution in [0.4, 0.5) is 29.5 Å². The molecule has 2 aromatic rings. The number of piperidine rings is 1. The van der Waals surface area contributed by atoms with Gasteiger partial charge in [-0.25, -0.2) is 9.00 Å². The van der Waals surface area contributed by atoms with E-state index in [4.69, 9.17) is 5.11 Å². The molecule has 0 bridgehead atoms. The van der Waals surface area contributed by atoms with E-state index in [9.17, 15) is 27.0 Å². The predicted molar refractivity (Wildman–Crippen MR) is 122 cm³/mol. The number of nitrogens with one attached hydrogen (secondary N) is 1. The van der Waals surface area contributed by atoms with E-state index in [1.165, 1.54) is 31.2 Å². The van der Waals surface area contributed by atoms with Gasteiger partial charge in [-0.05, 0) is 61.8 Å². The van der Waals surface area contributed by atoms with E-state index in [0.29, 0.717) is 18.5 Å². The monoisotopic (exact) mass is 511 g/mol. The molecule has 2 N–H and O–H groups in total. The highest BCUT2D eigenvalue weighted by Gasteiger charge is 2.45. The summed E-state index contributed by atoms with van der Waals surface area (Å²) in [5.74, 6) is -0.751. The number of alkyl halides is 3. The molecule has 1 saturated heterocycles. The Labute approximate surface area is 199 Å². The lowest BCUT2D eigenvalue weighted by Gasteiger charge is -2.34. The second-order valence-electron chi connectivity index (χ2n) is 9.02. The van der Waals surface area contributed by atoms with Gasteiger partial charge in [-0.3, -0.25) is 4.79 Å². The maximum atomic E-state index is 13.6. The molecule has 1 aromatic carbocycles. The Morgan fingerprint density at radius 1 is 1.17 bits per heavy atom. The number of aromatic nitrogens is 2. The lowest BCUT2D eigenvalue weighted by Crippen LogP contribution is -2.37. The molecule has 2 amide bonds. The number of carbonyl (C=O) groups excluding carboxylic acids is 1. The molecule has 2 fully saturated rings. The van der Waals surface area contributed by atoms with Crippen LogP contribution in [0.5, 0.6) is 0 Å². The predicted octanol–water partition coefficient (Wildman–Crippen LogP) is 4.57. The molecule has 35 heavy (non-hydrogen) atoms. The first-order valence-corrected chi connectivity index (χ1v) is 12.8. The summed E-state index contributed by atoms with van der Waals surface area (Å²) < 4.78 is 56.5. The number of amides is 2. The number of halogens is 3. The van der Waals surface area contributed by atoms with Gasteiger partial charge in [0, 0.05) is 29.9 Å². The zero-order valence-corrected chi connectivity index (χ0v) is 19.9. The van der Waals surface area contributed by atoms with Crippen molar-refractivity contribution in [3.05, 3.63) is 41.1 Å². The summed E-state index contributed by atoms with van der Waals surface area (Å²) in [7, 11) is -3.30. The highest BCUT2D eigenvalue weighted by Crippen LogP contribution is 2.54. The first-order valence-electron chi connectivity index (χ1n) is 10.9. The molecular formula is C22H24F3N5O4S. The van der Waals surface area contributed by atoms with E-state index in [2.05, 4.69) is 19.9 Å². The van der Waals surface area contributed by atoms with Crippen molar-refractivity contribution in [1.82, 2.24) is 10.2 Å². The highest BCUT2D eigenvalue weighted by molar-refractivity contribution is 7.93. The van der Waals surface area contributed by atoms with Crippen molar-refractivity contribution < 1.29 is 32.1 Å². The molecule has 0 radical (unpaired) electrons. The third-order valence-electron chi connectivity index (χ3n) is 6.56. The number of benzene rings is 1. The van der Waals surface area contributed by atoms with Crippen LogP contribution in [-0.2, 0) is 15.9 Å². The van der Waals surface area contributed by atoms with Gasteiger partial charge in [-0.15, -0.1) is 14.6 Å². The van der Waals surface area contributed by atoms with Crippen molar-refractivity contribution in [2.45, 2.75) is 43.7 Å². The smallest absolute Gasteiger partial charge is 0.439 e. The van der Waals surface area contributed by atoms with Crippen molar-refractivity contribution >= 4 is 33.2 Å². The van der Waals surface area contributed by atoms with Crippen molar-refractivity contribution in [3.8, 4) is 0 Å². The highest BCUT2D eigenvalue weighted by atomic mass is 32.2. The van der Waals surface area contributed by atoms with Crippen molar-refractivity contribution in [3.63, 3.8) is 0 Å².